The van der Waals surface area contributed by atoms with Crippen molar-refractivity contribution in [3.63, 3.8) is 0 Å². The van der Waals surface area contributed by atoms with Gasteiger partial charge in [-0.05, 0) is 52.4 Å². The highest BCUT2D eigenvalue weighted by Gasteiger charge is 2.25. The monoisotopic (exact) mass is 420 g/mol. The maximum absolute atomic E-state index is 11.9. The van der Waals surface area contributed by atoms with Crippen LogP contribution in [0, 0.1) is 13.7 Å². The Morgan fingerprint density at radius 3 is 2.70 bits per heavy atom. The number of aliphatic imine (C=N–C) groups is 1. The number of nitro benzene ring substituents is 1. The fourth-order valence-corrected chi connectivity index (χ4v) is 2.61. The van der Waals surface area contributed by atoms with Gasteiger partial charge in [-0.1, -0.05) is 18.2 Å². The number of carbonyl (C=O) groups excluding carboxylic acids is 1. The number of carbonyl (C=O) groups is 1. The molecule has 0 saturated carbocycles. The van der Waals surface area contributed by atoms with E-state index in [2.05, 4.69) is 27.6 Å². The molecule has 0 atom stereocenters. The zero-order valence-corrected chi connectivity index (χ0v) is 13.8. The molecule has 1 heterocycles. The summed E-state index contributed by atoms with van der Waals surface area (Å²) in [5, 5.41) is 10.8. The first-order chi connectivity index (χ1) is 11.0. The molecule has 0 bridgehead atoms. The van der Waals surface area contributed by atoms with Crippen LogP contribution in [0.5, 0.6) is 0 Å². The number of esters is 1. The normalized spacial score (nSPS) is 15.4. The van der Waals surface area contributed by atoms with Crippen molar-refractivity contribution in [2.75, 3.05) is 0 Å². The van der Waals surface area contributed by atoms with Crippen LogP contribution in [0.25, 0.3) is 6.08 Å². The van der Waals surface area contributed by atoms with Gasteiger partial charge in [0.25, 0.3) is 5.69 Å². The lowest BCUT2D eigenvalue weighted by Crippen LogP contribution is -2.05. The fourth-order valence-electron chi connectivity index (χ4n) is 2.04. The molecule has 1 aliphatic rings. The smallest absolute Gasteiger partial charge is 0.363 e. The van der Waals surface area contributed by atoms with Crippen LogP contribution in [-0.4, -0.2) is 16.8 Å². The van der Waals surface area contributed by atoms with Gasteiger partial charge < -0.3 is 4.74 Å². The second-order valence-corrected chi connectivity index (χ2v) is 5.94. The second-order valence-electron chi connectivity index (χ2n) is 4.70. The lowest BCUT2D eigenvalue weighted by Gasteiger charge is -1.98. The number of benzene rings is 2. The zero-order valence-electron chi connectivity index (χ0n) is 11.6. The average Bonchev–Trinajstić information content (AvgIpc) is 2.88. The van der Waals surface area contributed by atoms with Crippen molar-refractivity contribution in [1.82, 2.24) is 0 Å². The maximum atomic E-state index is 11.9. The number of nitrogens with zero attached hydrogens (tertiary/aromatic N) is 2. The Kier molecular flexibility index (Phi) is 4.20. The highest BCUT2D eigenvalue weighted by atomic mass is 127. The third-order valence-electron chi connectivity index (χ3n) is 3.08. The first-order valence-corrected chi connectivity index (χ1v) is 7.64. The van der Waals surface area contributed by atoms with Gasteiger partial charge in [-0.25, -0.2) is 9.79 Å². The minimum Gasteiger partial charge on any atom is -0.402 e. The lowest BCUT2D eigenvalue weighted by atomic mass is 10.2. The van der Waals surface area contributed by atoms with Crippen molar-refractivity contribution in [3.8, 4) is 0 Å². The first kappa shape index (κ1) is 15.3. The van der Waals surface area contributed by atoms with Crippen LogP contribution < -0.4 is 0 Å². The molecule has 0 spiro atoms. The number of hydrogen-bond acceptors (Lipinski definition) is 5. The molecule has 6 nitrogen and oxygen atoms in total. The largest absolute Gasteiger partial charge is 0.402 e. The standard InChI is InChI=1S/C16H9IN2O4/c17-12-5-1-3-10(7-12)8-14-16(20)23-15(18-14)11-4-2-6-13(9-11)19(21)22/h1-9H/b14-8-. The number of nitro groups is 1. The topological polar surface area (TPSA) is 81.8 Å². The van der Waals surface area contributed by atoms with Gasteiger partial charge in [-0.2, -0.15) is 0 Å². The predicted octanol–water partition coefficient (Wildman–Crippen LogP) is 3.54. The highest BCUT2D eigenvalue weighted by molar-refractivity contribution is 14.1. The van der Waals surface area contributed by atoms with Gasteiger partial charge in [0, 0.05) is 21.3 Å². The average molecular weight is 420 g/mol. The minimum absolute atomic E-state index is 0.0654. The number of rotatable bonds is 3. The van der Waals surface area contributed by atoms with E-state index in [0.717, 1.165) is 9.13 Å². The Labute approximate surface area is 144 Å². The molecule has 0 saturated heterocycles. The molecule has 0 N–H and O–H groups in total. The van der Waals surface area contributed by atoms with Crippen LogP contribution in [0.1, 0.15) is 11.1 Å². The Hall–Kier alpha value is -2.55. The van der Waals surface area contributed by atoms with Crippen molar-refractivity contribution in [2.45, 2.75) is 0 Å². The molecule has 0 aliphatic carbocycles. The molecule has 0 aromatic heterocycles. The molecule has 23 heavy (non-hydrogen) atoms. The van der Waals surface area contributed by atoms with E-state index in [0.29, 0.717) is 5.56 Å². The summed E-state index contributed by atoms with van der Waals surface area (Å²) in [7, 11) is 0. The van der Waals surface area contributed by atoms with Gasteiger partial charge in [0.2, 0.25) is 5.90 Å². The van der Waals surface area contributed by atoms with Crippen molar-refractivity contribution in [1.29, 1.82) is 0 Å². The van der Waals surface area contributed by atoms with Crippen LogP contribution in [-0.2, 0) is 9.53 Å². The Morgan fingerprint density at radius 2 is 1.96 bits per heavy atom. The van der Waals surface area contributed by atoms with Crippen LogP contribution in [0.15, 0.2) is 59.2 Å². The van der Waals surface area contributed by atoms with Gasteiger partial charge in [-0.15, -0.1) is 0 Å². The molecule has 0 radical (unpaired) electrons. The highest BCUT2D eigenvalue weighted by Crippen LogP contribution is 2.22. The molecule has 3 rings (SSSR count). The maximum Gasteiger partial charge on any atom is 0.363 e. The summed E-state index contributed by atoms with van der Waals surface area (Å²) in [5.74, 6) is -0.513. The quantitative estimate of drug-likeness (QED) is 0.250. The van der Waals surface area contributed by atoms with Gasteiger partial charge >= 0.3 is 5.97 Å². The molecule has 7 heteroatoms. The van der Waals surface area contributed by atoms with Gasteiger partial charge in [-0.3, -0.25) is 10.1 Å². The van der Waals surface area contributed by atoms with E-state index in [1.54, 1.807) is 12.1 Å². The van der Waals surface area contributed by atoms with Gasteiger partial charge in [0.05, 0.1) is 4.92 Å². The summed E-state index contributed by atoms with van der Waals surface area (Å²) in [6.45, 7) is 0. The molecule has 0 fully saturated rings. The Balaban J connectivity index is 1.95. The number of ether oxygens (including phenoxy) is 1. The van der Waals surface area contributed by atoms with E-state index >= 15 is 0 Å². The summed E-state index contributed by atoms with van der Waals surface area (Å²) >= 11 is 2.18. The summed E-state index contributed by atoms with van der Waals surface area (Å²) in [6.07, 6.45) is 1.62. The Bertz CT molecular complexity index is 874. The second kappa shape index (κ2) is 6.29. The fraction of sp³-hybridized carbons (Fsp3) is 0. The molecular weight excluding hydrogens is 411 g/mol. The lowest BCUT2D eigenvalue weighted by molar-refractivity contribution is -0.384. The Morgan fingerprint density at radius 1 is 1.17 bits per heavy atom. The van der Waals surface area contributed by atoms with Crippen molar-refractivity contribution < 1.29 is 14.5 Å². The number of non-ortho nitro benzene ring substituents is 1. The van der Waals surface area contributed by atoms with E-state index < -0.39 is 10.9 Å². The number of halogens is 1. The van der Waals surface area contributed by atoms with Crippen LogP contribution in [0.4, 0.5) is 5.69 Å². The third kappa shape index (κ3) is 3.45. The molecule has 1 aliphatic heterocycles. The van der Waals surface area contributed by atoms with Crippen LogP contribution in [0.2, 0.25) is 0 Å². The molecular formula is C16H9IN2O4. The van der Waals surface area contributed by atoms with E-state index in [1.807, 2.05) is 24.3 Å². The van der Waals surface area contributed by atoms with Gasteiger partial charge in [0.15, 0.2) is 5.70 Å². The third-order valence-corrected chi connectivity index (χ3v) is 3.75. The van der Waals surface area contributed by atoms with Crippen LogP contribution >= 0.6 is 22.6 Å². The molecule has 2 aromatic carbocycles. The summed E-state index contributed by atoms with van der Waals surface area (Å²) < 4.78 is 6.15. The minimum atomic E-state index is -0.578. The molecule has 0 unspecified atom stereocenters. The number of hydrogen-bond donors (Lipinski definition) is 0. The molecule has 0 amide bonds. The van der Waals surface area contributed by atoms with E-state index in [9.17, 15) is 14.9 Å². The van der Waals surface area contributed by atoms with Crippen molar-refractivity contribution in [2.24, 2.45) is 4.99 Å². The van der Waals surface area contributed by atoms with Crippen molar-refractivity contribution >= 4 is 46.2 Å². The van der Waals surface area contributed by atoms with Crippen molar-refractivity contribution in [3.05, 3.63) is 79.0 Å². The SMILES string of the molecule is O=C1OC(c2cccc([N+](=O)[O-])c2)=N/C1=C\c1cccc(I)c1. The summed E-state index contributed by atoms with van der Waals surface area (Å²) in [5.41, 5.74) is 1.29. The molecule has 114 valence electrons. The van der Waals surface area contributed by atoms with Crippen LogP contribution in [0.3, 0.4) is 0 Å². The zero-order chi connectivity index (χ0) is 16.4. The van der Waals surface area contributed by atoms with E-state index in [4.69, 9.17) is 4.74 Å². The summed E-state index contributed by atoms with van der Waals surface area (Å²) in [4.78, 5) is 26.4. The van der Waals surface area contributed by atoms with E-state index in [1.165, 1.54) is 18.2 Å². The van der Waals surface area contributed by atoms with E-state index in [-0.39, 0.29) is 17.3 Å². The molecule has 2 aromatic rings. The van der Waals surface area contributed by atoms with Gasteiger partial charge in [0.1, 0.15) is 0 Å². The predicted molar refractivity (Wildman–Crippen MR) is 92.9 cm³/mol. The first-order valence-electron chi connectivity index (χ1n) is 6.56. The summed E-state index contributed by atoms with van der Waals surface area (Å²) in [6, 6.07) is 13.4. The number of cyclic esters (lactones) is 1.